The Hall–Kier alpha value is -4.15. The van der Waals surface area contributed by atoms with E-state index in [0.29, 0.717) is 11.5 Å². The lowest BCUT2D eigenvalue weighted by Crippen LogP contribution is -2.36. The molecule has 1 aromatic carbocycles. The number of benzene rings is 1. The zero-order valence-electron chi connectivity index (χ0n) is 19.9. The summed E-state index contributed by atoms with van der Waals surface area (Å²) in [6, 6.07) is 10.3. The van der Waals surface area contributed by atoms with Gasteiger partial charge in [0.2, 0.25) is 0 Å². The summed E-state index contributed by atoms with van der Waals surface area (Å²) in [6.45, 7) is 0.272. The number of nitrogen functional groups attached to an aromatic ring is 1. The number of fused-ring (bicyclic) bond motifs is 1. The quantitative estimate of drug-likeness (QED) is 0.280. The van der Waals surface area contributed by atoms with Crippen LogP contribution in [0.4, 0.5) is 24.8 Å². The normalized spacial score (nSPS) is 14.6. The van der Waals surface area contributed by atoms with Gasteiger partial charge in [0.25, 0.3) is 5.91 Å². The predicted octanol–water partition coefficient (Wildman–Crippen LogP) is 5.30. The van der Waals surface area contributed by atoms with Gasteiger partial charge in [0, 0.05) is 30.5 Å². The van der Waals surface area contributed by atoms with Crippen LogP contribution in [0.25, 0.3) is 22.2 Å². The molecule has 8 nitrogen and oxygen atoms in total. The fraction of sp³-hybridized carbons (Fsp3) is 0.308. The monoisotopic (exact) mass is 509 g/mol. The van der Waals surface area contributed by atoms with Crippen LogP contribution < -0.4 is 16.4 Å². The number of hydrogen-bond donors (Lipinski definition) is 4. The lowest BCUT2D eigenvalue weighted by Gasteiger charge is -2.23. The Morgan fingerprint density at radius 3 is 2.51 bits per heavy atom. The molecule has 37 heavy (non-hydrogen) atoms. The molecule has 192 valence electrons. The summed E-state index contributed by atoms with van der Waals surface area (Å²) in [4.78, 5) is 21.2. The van der Waals surface area contributed by atoms with E-state index in [-0.39, 0.29) is 24.0 Å². The Morgan fingerprint density at radius 2 is 1.78 bits per heavy atom. The number of pyridine rings is 2. The van der Waals surface area contributed by atoms with Crippen LogP contribution in [-0.4, -0.2) is 32.1 Å². The molecule has 0 bridgehead atoms. The van der Waals surface area contributed by atoms with Gasteiger partial charge in [-0.2, -0.15) is 18.3 Å². The molecule has 0 atom stereocenters. The molecule has 1 fully saturated rings. The van der Waals surface area contributed by atoms with Crippen LogP contribution in [0, 0.1) is 0 Å². The van der Waals surface area contributed by atoms with E-state index < -0.39 is 17.6 Å². The van der Waals surface area contributed by atoms with Gasteiger partial charge in [-0.05, 0) is 36.1 Å². The summed E-state index contributed by atoms with van der Waals surface area (Å²) in [7, 11) is 0. The Bertz CT molecular complexity index is 1410. The second-order valence-electron chi connectivity index (χ2n) is 9.21. The third kappa shape index (κ3) is 5.50. The molecule has 11 heteroatoms. The Kier molecular flexibility index (Phi) is 6.68. The predicted molar refractivity (Wildman–Crippen MR) is 135 cm³/mol. The van der Waals surface area contributed by atoms with Crippen LogP contribution in [0.3, 0.4) is 0 Å². The third-order valence-corrected chi connectivity index (χ3v) is 6.59. The zero-order chi connectivity index (χ0) is 26.0. The number of carbonyl (C=O) groups excluding carboxylic acids is 1. The molecule has 1 aliphatic carbocycles. The summed E-state index contributed by atoms with van der Waals surface area (Å²) >= 11 is 0. The van der Waals surface area contributed by atoms with Crippen LogP contribution in [0.5, 0.6) is 0 Å². The van der Waals surface area contributed by atoms with Crippen LogP contribution in [0.1, 0.15) is 53.6 Å². The van der Waals surface area contributed by atoms with Gasteiger partial charge in [0.15, 0.2) is 11.5 Å². The van der Waals surface area contributed by atoms with Crippen molar-refractivity contribution in [2.24, 2.45) is 0 Å². The van der Waals surface area contributed by atoms with Gasteiger partial charge in [0.1, 0.15) is 5.82 Å². The first kappa shape index (κ1) is 24.5. The van der Waals surface area contributed by atoms with Crippen LogP contribution in [0.15, 0.2) is 48.8 Å². The van der Waals surface area contributed by atoms with Crippen molar-refractivity contribution in [2.75, 3.05) is 11.1 Å². The second kappa shape index (κ2) is 10.1. The molecule has 3 aromatic heterocycles. The molecule has 1 aliphatic rings. The van der Waals surface area contributed by atoms with E-state index in [2.05, 4.69) is 30.8 Å². The molecule has 0 radical (unpaired) electrons. The van der Waals surface area contributed by atoms with E-state index in [1.807, 2.05) is 30.3 Å². The number of aromatic nitrogens is 4. The number of halogens is 3. The number of H-pyrrole nitrogens is 1. The first-order chi connectivity index (χ1) is 17.8. The van der Waals surface area contributed by atoms with Crippen molar-refractivity contribution < 1.29 is 18.0 Å². The molecule has 0 aliphatic heterocycles. The average Bonchev–Trinajstić information content (AvgIpc) is 3.27. The molecule has 1 saturated carbocycles. The van der Waals surface area contributed by atoms with E-state index in [4.69, 9.17) is 5.73 Å². The van der Waals surface area contributed by atoms with E-state index in [1.165, 1.54) is 0 Å². The molecular weight excluding hydrogens is 483 g/mol. The van der Waals surface area contributed by atoms with Crippen LogP contribution in [-0.2, 0) is 12.7 Å². The third-order valence-electron chi connectivity index (χ3n) is 6.59. The Balaban J connectivity index is 1.32. The van der Waals surface area contributed by atoms with E-state index in [9.17, 15) is 18.0 Å². The van der Waals surface area contributed by atoms with Crippen molar-refractivity contribution in [1.29, 1.82) is 0 Å². The van der Waals surface area contributed by atoms with E-state index >= 15 is 0 Å². The van der Waals surface area contributed by atoms with Crippen molar-refractivity contribution in [2.45, 2.75) is 50.9 Å². The topological polar surface area (TPSA) is 122 Å². The Morgan fingerprint density at radius 1 is 1.03 bits per heavy atom. The number of anilines is 2. The van der Waals surface area contributed by atoms with Crippen molar-refractivity contribution >= 4 is 28.6 Å². The molecule has 4 aromatic rings. The number of nitrogens with two attached hydrogens (primary N) is 1. The largest absolute Gasteiger partial charge is 0.417 e. The summed E-state index contributed by atoms with van der Waals surface area (Å²) < 4.78 is 40.0. The van der Waals surface area contributed by atoms with Gasteiger partial charge in [-0.1, -0.05) is 43.5 Å². The van der Waals surface area contributed by atoms with Gasteiger partial charge in [-0.3, -0.25) is 9.89 Å². The number of amides is 1. The summed E-state index contributed by atoms with van der Waals surface area (Å²) in [6.07, 6.45) is 2.60. The highest BCUT2D eigenvalue weighted by Crippen LogP contribution is 2.31. The van der Waals surface area contributed by atoms with Crippen molar-refractivity contribution in [1.82, 2.24) is 25.5 Å². The molecule has 5 N–H and O–H groups in total. The second-order valence-corrected chi connectivity index (χ2v) is 9.21. The minimum atomic E-state index is -4.60. The highest BCUT2D eigenvalue weighted by Gasteiger charge is 2.33. The SMILES string of the molecule is Nc1n[nH]c2ncc(-c3ccc(CNc4ncc(C(F)(F)F)cc4C(=O)NC4CCCCC4)cc3)cc12. The number of aromatic amines is 1. The first-order valence-corrected chi connectivity index (χ1v) is 12.1. The number of nitrogens with zero attached hydrogens (tertiary/aromatic N) is 3. The maximum Gasteiger partial charge on any atom is 0.417 e. The number of nitrogens with one attached hydrogen (secondary N) is 3. The van der Waals surface area contributed by atoms with E-state index in [1.54, 1.807) is 6.20 Å². The number of alkyl halides is 3. The lowest BCUT2D eigenvalue weighted by molar-refractivity contribution is -0.137. The zero-order valence-corrected chi connectivity index (χ0v) is 19.9. The molecule has 1 amide bonds. The summed E-state index contributed by atoms with van der Waals surface area (Å²) in [5.74, 6) is -0.0715. The van der Waals surface area contributed by atoms with E-state index in [0.717, 1.165) is 66.4 Å². The van der Waals surface area contributed by atoms with Gasteiger partial charge >= 0.3 is 6.18 Å². The number of hydrogen-bond acceptors (Lipinski definition) is 6. The van der Waals surface area contributed by atoms with Crippen molar-refractivity contribution in [3.8, 4) is 11.1 Å². The molecule has 0 saturated heterocycles. The highest BCUT2D eigenvalue weighted by atomic mass is 19.4. The maximum atomic E-state index is 13.3. The molecule has 3 heterocycles. The van der Waals surface area contributed by atoms with Crippen molar-refractivity contribution in [3.05, 3.63) is 65.5 Å². The number of rotatable bonds is 6. The van der Waals surface area contributed by atoms with Crippen molar-refractivity contribution in [3.63, 3.8) is 0 Å². The first-order valence-electron chi connectivity index (χ1n) is 12.1. The van der Waals surface area contributed by atoms with Gasteiger partial charge in [0.05, 0.1) is 16.5 Å². The molecule has 0 unspecified atom stereocenters. The van der Waals surface area contributed by atoms with Gasteiger partial charge in [-0.25, -0.2) is 9.97 Å². The highest BCUT2D eigenvalue weighted by molar-refractivity contribution is 5.99. The standard InChI is InChI=1S/C26H26F3N7O/c27-26(28,29)18-11-21(25(37)34-19-4-2-1-3-5-19)23(33-14-18)31-12-15-6-8-16(9-7-15)17-10-20-22(30)35-36-24(20)32-13-17/h6-11,13-14,19H,1-5,12H2,(H,31,33)(H,34,37)(H3,30,32,35,36). The fourth-order valence-corrected chi connectivity index (χ4v) is 4.53. The Labute approximate surface area is 210 Å². The minimum Gasteiger partial charge on any atom is -0.382 e. The fourth-order valence-electron chi connectivity index (χ4n) is 4.53. The minimum absolute atomic E-state index is 0.0395. The smallest absolute Gasteiger partial charge is 0.382 e. The van der Waals surface area contributed by atoms with Crippen LogP contribution in [0.2, 0.25) is 0 Å². The van der Waals surface area contributed by atoms with Gasteiger partial charge < -0.3 is 16.4 Å². The molecule has 5 rings (SSSR count). The average molecular weight is 510 g/mol. The number of carbonyl (C=O) groups is 1. The maximum absolute atomic E-state index is 13.3. The summed E-state index contributed by atoms with van der Waals surface area (Å²) in [5, 5.41) is 13.4. The summed E-state index contributed by atoms with van der Waals surface area (Å²) in [5.41, 5.74) is 8.05. The van der Waals surface area contributed by atoms with Crippen LogP contribution >= 0.6 is 0 Å². The molecular formula is C26H26F3N7O. The van der Waals surface area contributed by atoms with Gasteiger partial charge in [-0.15, -0.1) is 0 Å². The lowest BCUT2D eigenvalue weighted by atomic mass is 9.95. The molecule has 0 spiro atoms.